The van der Waals surface area contributed by atoms with E-state index in [1.165, 1.54) is 0 Å². The Morgan fingerprint density at radius 3 is 3.00 bits per heavy atom. The van der Waals surface area contributed by atoms with E-state index >= 15 is 0 Å². The molecule has 0 amide bonds. The Morgan fingerprint density at radius 2 is 2.15 bits per heavy atom. The SMILES string of the molecule is N#CC1=C2CCCC[C@H]2C(=O)n2c1nc1ccccc12. The molecule has 1 aromatic heterocycles. The van der Waals surface area contributed by atoms with Gasteiger partial charge in [0.05, 0.1) is 22.5 Å². The molecular weight excluding hydrogens is 250 g/mol. The molecule has 1 atom stereocenters. The molecule has 0 spiro atoms. The molecule has 2 heterocycles. The summed E-state index contributed by atoms with van der Waals surface area (Å²) in [6, 6.07) is 9.87. The van der Waals surface area contributed by atoms with Crippen LogP contribution in [-0.2, 0) is 0 Å². The molecule has 0 saturated heterocycles. The number of para-hydroxylation sites is 2. The molecule has 0 bridgehead atoms. The highest BCUT2D eigenvalue weighted by Crippen LogP contribution is 2.40. The van der Waals surface area contributed by atoms with Gasteiger partial charge in [0.1, 0.15) is 6.07 Å². The number of hydrogen-bond donors (Lipinski definition) is 0. The van der Waals surface area contributed by atoms with E-state index < -0.39 is 0 Å². The maximum absolute atomic E-state index is 12.8. The van der Waals surface area contributed by atoms with Crippen molar-refractivity contribution in [3.8, 4) is 6.07 Å². The van der Waals surface area contributed by atoms with Gasteiger partial charge >= 0.3 is 0 Å². The second-order valence-electron chi connectivity index (χ2n) is 5.41. The third kappa shape index (κ3) is 1.35. The first kappa shape index (κ1) is 11.4. The Kier molecular flexibility index (Phi) is 2.31. The van der Waals surface area contributed by atoms with Gasteiger partial charge in [-0.15, -0.1) is 0 Å². The van der Waals surface area contributed by atoms with Crippen molar-refractivity contribution in [1.82, 2.24) is 9.55 Å². The minimum Gasteiger partial charge on any atom is -0.273 e. The zero-order valence-corrected chi connectivity index (χ0v) is 11.0. The van der Waals surface area contributed by atoms with Crippen LogP contribution in [0.4, 0.5) is 0 Å². The number of allylic oxidation sites excluding steroid dienone is 2. The Bertz CT molecular complexity index is 807. The Balaban J connectivity index is 2.08. The van der Waals surface area contributed by atoms with Crippen LogP contribution in [0.1, 0.15) is 36.3 Å². The van der Waals surface area contributed by atoms with Crippen LogP contribution in [0.2, 0.25) is 0 Å². The van der Waals surface area contributed by atoms with E-state index in [0.717, 1.165) is 42.3 Å². The van der Waals surface area contributed by atoms with Gasteiger partial charge in [0.25, 0.3) is 0 Å². The van der Waals surface area contributed by atoms with E-state index in [9.17, 15) is 10.1 Å². The third-order valence-electron chi connectivity index (χ3n) is 4.35. The van der Waals surface area contributed by atoms with E-state index in [2.05, 4.69) is 11.1 Å². The lowest BCUT2D eigenvalue weighted by Crippen LogP contribution is -2.31. The van der Waals surface area contributed by atoms with E-state index in [1.54, 1.807) is 4.57 Å². The van der Waals surface area contributed by atoms with Crippen LogP contribution >= 0.6 is 0 Å². The topological polar surface area (TPSA) is 58.7 Å². The fourth-order valence-corrected chi connectivity index (χ4v) is 3.42. The van der Waals surface area contributed by atoms with Gasteiger partial charge in [-0.05, 0) is 37.0 Å². The van der Waals surface area contributed by atoms with Gasteiger partial charge in [-0.1, -0.05) is 18.6 Å². The molecule has 4 rings (SSSR count). The van der Waals surface area contributed by atoms with Crippen LogP contribution < -0.4 is 0 Å². The molecule has 4 nitrogen and oxygen atoms in total. The minimum absolute atomic E-state index is 0.0856. The van der Waals surface area contributed by atoms with Crippen LogP contribution in [0.5, 0.6) is 0 Å². The molecule has 1 fully saturated rings. The second kappa shape index (κ2) is 4.04. The predicted molar refractivity (Wildman–Crippen MR) is 74.9 cm³/mol. The number of nitriles is 1. The van der Waals surface area contributed by atoms with Gasteiger partial charge in [0.2, 0.25) is 5.91 Å². The summed E-state index contributed by atoms with van der Waals surface area (Å²) in [5.41, 5.74) is 3.21. The van der Waals surface area contributed by atoms with Crippen molar-refractivity contribution in [3.63, 3.8) is 0 Å². The quantitative estimate of drug-likeness (QED) is 0.733. The third-order valence-corrected chi connectivity index (χ3v) is 4.35. The number of aromatic nitrogens is 2. The van der Waals surface area contributed by atoms with Crippen LogP contribution in [0.15, 0.2) is 29.8 Å². The van der Waals surface area contributed by atoms with Crippen molar-refractivity contribution in [1.29, 1.82) is 5.26 Å². The van der Waals surface area contributed by atoms with Gasteiger partial charge in [0, 0.05) is 0 Å². The van der Waals surface area contributed by atoms with Crippen molar-refractivity contribution >= 4 is 22.5 Å². The largest absolute Gasteiger partial charge is 0.273 e. The molecule has 1 aliphatic carbocycles. The number of fused-ring (bicyclic) bond motifs is 4. The van der Waals surface area contributed by atoms with Crippen molar-refractivity contribution in [2.24, 2.45) is 5.92 Å². The van der Waals surface area contributed by atoms with Gasteiger partial charge in [-0.2, -0.15) is 5.26 Å². The van der Waals surface area contributed by atoms with Gasteiger partial charge in [-0.3, -0.25) is 9.36 Å². The Morgan fingerprint density at radius 1 is 1.30 bits per heavy atom. The van der Waals surface area contributed by atoms with Gasteiger partial charge in [0.15, 0.2) is 5.82 Å². The smallest absolute Gasteiger partial charge is 0.240 e. The highest BCUT2D eigenvalue weighted by Gasteiger charge is 2.37. The maximum Gasteiger partial charge on any atom is 0.240 e. The number of benzene rings is 1. The monoisotopic (exact) mass is 263 g/mol. The number of rotatable bonds is 0. The molecule has 2 aliphatic rings. The summed E-state index contributed by atoms with van der Waals surface area (Å²) < 4.78 is 1.65. The Hall–Kier alpha value is -2.41. The van der Waals surface area contributed by atoms with Crippen LogP contribution in [0.25, 0.3) is 16.6 Å². The molecule has 98 valence electrons. The fourth-order valence-electron chi connectivity index (χ4n) is 3.42. The van der Waals surface area contributed by atoms with Gasteiger partial charge < -0.3 is 0 Å². The zero-order chi connectivity index (χ0) is 13.7. The van der Waals surface area contributed by atoms with Crippen molar-refractivity contribution in [3.05, 3.63) is 35.7 Å². The molecule has 2 aromatic rings. The second-order valence-corrected chi connectivity index (χ2v) is 5.41. The highest BCUT2D eigenvalue weighted by molar-refractivity contribution is 6.02. The van der Waals surface area contributed by atoms with E-state index in [4.69, 9.17) is 0 Å². The average Bonchev–Trinajstić information content (AvgIpc) is 2.87. The maximum atomic E-state index is 12.8. The molecule has 1 aliphatic heterocycles. The number of hydrogen-bond acceptors (Lipinski definition) is 3. The summed E-state index contributed by atoms with van der Waals surface area (Å²) >= 11 is 0. The van der Waals surface area contributed by atoms with Crippen LogP contribution in [-0.4, -0.2) is 15.5 Å². The van der Waals surface area contributed by atoms with E-state index in [0.29, 0.717) is 11.4 Å². The van der Waals surface area contributed by atoms with Gasteiger partial charge in [-0.25, -0.2) is 4.98 Å². The lowest BCUT2D eigenvalue weighted by molar-refractivity contribution is 0.0838. The first-order valence-electron chi connectivity index (χ1n) is 6.96. The number of carbonyl (C=O) groups excluding carboxylic acids is 1. The average molecular weight is 263 g/mol. The van der Waals surface area contributed by atoms with Crippen LogP contribution in [0, 0.1) is 17.2 Å². The number of imidazole rings is 1. The molecular formula is C16H13N3O. The molecule has 4 heteroatoms. The Labute approximate surface area is 116 Å². The molecule has 1 saturated carbocycles. The molecule has 0 N–H and O–H groups in total. The summed E-state index contributed by atoms with van der Waals surface area (Å²) in [5, 5.41) is 9.52. The zero-order valence-electron chi connectivity index (χ0n) is 11.0. The lowest BCUT2D eigenvalue weighted by Gasteiger charge is -2.29. The fraction of sp³-hybridized carbons (Fsp3) is 0.312. The van der Waals surface area contributed by atoms with E-state index in [-0.39, 0.29) is 11.8 Å². The first-order valence-corrected chi connectivity index (χ1v) is 6.96. The number of carbonyl (C=O) groups is 1. The summed E-state index contributed by atoms with van der Waals surface area (Å²) in [6.45, 7) is 0. The van der Waals surface area contributed by atoms with E-state index in [1.807, 2.05) is 24.3 Å². The summed E-state index contributed by atoms with van der Waals surface area (Å²) in [6.07, 6.45) is 3.82. The van der Waals surface area contributed by atoms with Crippen molar-refractivity contribution in [2.45, 2.75) is 25.7 Å². The summed E-state index contributed by atoms with van der Waals surface area (Å²) in [4.78, 5) is 17.3. The molecule has 0 unspecified atom stereocenters. The first-order chi connectivity index (χ1) is 9.81. The van der Waals surface area contributed by atoms with Crippen LogP contribution in [0.3, 0.4) is 0 Å². The summed E-state index contributed by atoms with van der Waals surface area (Å²) in [5.74, 6) is 0.498. The lowest BCUT2D eigenvalue weighted by atomic mass is 9.79. The normalized spacial score (nSPS) is 21.6. The summed E-state index contributed by atoms with van der Waals surface area (Å²) in [7, 11) is 0. The van der Waals surface area contributed by atoms with Crippen molar-refractivity contribution < 1.29 is 4.79 Å². The highest BCUT2D eigenvalue weighted by atomic mass is 16.2. The molecule has 1 aromatic carbocycles. The number of nitrogens with zero attached hydrogens (tertiary/aromatic N) is 3. The van der Waals surface area contributed by atoms with Crippen molar-refractivity contribution in [2.75, 3.05) is 0 Å². The minimum atomic E-state index is -0.122. The molecule has 0 radical (unpaired) electrons. The molecule has 20 heavy (non-hydrogen) atoms. The predicted octanol–water partition coefficient (Wildman–Crippen LogP) is 3.16. The standard InChI is InChI=1S/C16H13N3O/c17-9-12-10-5-1-2-6-11(10)16(20)19-14-8-4-3-7-13(14)18-15(12)19/h3-4,7-8,11H,1-2,5-6H2/t11-/m1/s1.